The van der Waals surface area contributed by atoms with Crippen LogP contribution in [-0.2, 0) is 0 Å². The van der Waals surface area contributed by atoms with E-state index >= 15 is 0 Å². The number of carbonyl (C=O) groups is 1. The average Bonchev–Trinajstić information content (AvgIpc) is 2.98. The number of nitrogens with one attached hydrogen (secondary N) is 2. The topological polar surface area (TPSA) is 61.4 Å². The zero-order valence-electron chi connectivity index (χ0n) is 9.19. The van der Waals surface area contributed by atoms with Gasteiger partial charge in [-0.1, -0.05) is 0 Å². The summed E-state index contributed by atoms with van der Waals surface area (Å²) in [4.78, 5) is 11.5. The molecule has 1 aliphatic carbocycles. The molecule has 1 saturated carbocycles. The van der Waals surface area contributed by atoms with Crippen molar-refractivity contribution < 1.29 is 9.90 Å². The standard InChI is InChI=1S/C11H16N2O2S/c1-11(15,8-4-5-8)7-12-10(14)13-9-3-2-6-16-9/h2-3,6,8,15H,4-5,7H2,1H3,(H2,12,13,14)/t11-/m1/s1. The largest absolute Gasteiger partial charge is 0.388 e. The van der Waals surface area contributed by atoms with E-state index < -0.39 is 5.60 Å². The Morgan fingerprint density at radius 1 is 1.69 bits per heavy atom. The summed E-state index contributed by atoms with van der Waals surface area (Å²) in [5.41, 5.74) is -0.771. The molecule has 5 heteroatoms. The van der Waals surface area contributed by atoms with Crippen molar-refractivity contribution in [3.63, 3.8) is 0 Å². The van der Waals surface area contributed by atoms with Gasteiger partial charge < -0.3 is 10.4 Å². The summed E-state index contributed by atoms with van der Waals surface area (Å²) in [6, 6.07) is 3.45. The van der Waals surface area contributed by atoms with E-state index in [-0.39, 0.29) is 6.03 Å². The zero-order valence-corrected chi connectivity index (χ0v) is 10.0. The molecule has 0 radical (unpaired) electrons. The van der Waals surface area contributed by atoms with Crippen molar-refractivity contribution in [2.24, 2.45) is 5.92 Å². The van der Waals surface area contributed by atoms with Crippen molar-refractivity contribution in [2.45, 2.75) is 25.4 Å². The molecule has 88 valence electrons. The predicted molar refractivity (Wildman–Crippen MR) is 64.7 cm³/mol. The van der Waals surface area contributed by atoms with Crippen molar-refractivity contribution in [2.75, 3.05) is 11.9 Å². The first-order valence-electron chi connectivity index (χ1n) is 5.39. The molecule has 1 aliphatic rings. The summed E-state index contributed by atoms with van der Waals surface area (Å²) in [6.45, 7) is 2.07. The fraction of sp³-hybridized carbons (Fsp3) is 0.545. The van der Waals surface area contributed by atoms with Gasteiger partial charge in [0.25, 0.3) is 0 Å². The Labute approximate surface area is 98.7 Å². The number of anilines is 1. The summed E-state index contributed by atoms with van der Waals surface area (Å²) < 4.78 is 0. The Morgan fingerprint density at radius 2 is 2.44 bits per heavy atom. The number of hydrogen-bond acceptors (Lipinski definition) is 3. The van der Waals surface area contributed by atoms with Gasteiger partial charge in [0.15, 0.2) is 0 Å². The van der Waals surface area contributed by atoms with E-state index in [1.807, 2.05) is 17.5 Å². The molecule has 2 amide bonds. The quantitative estimate of drug-likeness (QED) is 0.754. The van der Waals surface area contributed by atoms with Gasteiger partial charge in [0.05, 0.1) is 10.6 Å². The molecule has 0 spiro atoms. The fourth-order valence-electron chi connectivity index (χ4n) is 1.61. The second-order valence-corrected chi connectivity index (χ2v) is 5.36. The van der Waals surface area contributed by atoms with Gasteiger partial charge >= 0.3 is 6.03 Å². The lowest BCUT2D eigenvalue weighted by Gasteiger charge is -2.23. The highest BCUT2D eigenvalue weighted by Crippen LogP contribution is 2.38. The van der Waals surface area contributed by atoms with Crippen LogP contribution in [0.4, 0.5) is 9.80 Å². The molecule has 1 heterocycles. The van der Waals surface area contributed by atoms with Gasteiger partial charge in [0.1, 0.15) is 0 Å². The normalized spacial score (nSPS) is 18.9. The lowest BCUT2D eigenvalue weighted by Crippen LogP contribution is -2.43. The molecule has 1 aromatic rings. The highest BCUT2D eigenvalue weighted by atomic mass is 32.1. The number of rotatable bonds is 4. The minimum Gasteiger partial charge on any atom is -0.388 e. The Balaban J connectivity index is 1.75. The molecule has 2 rings (SSSR count). The molecule has 0 unspecified atom stereocenters. The van der Waals surface area contributed by atoms with E-state index in [9.17, 15) is 9.90 Å². The fourth-order valence-corrected chi connectivity index (χ4v) is 2.23. The van der Waals surface area contributed by atoms with Crippen molar-refractivity contribution in [3.05, 3.63) is 17.5 Å². The van der Waals surface area contributed by atoms with E-state index in [0.29, 0.717) is 12.5 Å². The van der Waals surface area contributed by atoms with Crippen LogP contribution >= 0.6 is 11.3 Å². The molecule has 16 heavy (non-hydrogen) atoms. The number of hydrogen-bond donors (Lipinski definition) is 3. The molecule has 0 saturated heterocycles. The summed E-state index contributed by atoms with van der Waals surface area (Å²) in [7, 11) is 0. The minimum atomic E-state index is -0.771. The number of amides is 2. The van der Waals surface area contributed by atoms with Crippen LogP contribution in [0.15, 0.2) is 17.5 Å². The maximum absolute atomic E-state index is 11.5. The van der Waals surface area contributed by atoms with Crippen molar-refractivity contribution in [1.82, 2.24) is 5.32 Å². The molecule has 1 atom stereocenters. The van der Waals surface area contributed by atoms with Crippen molar-refractivity contribution in [1.29, 1.82) is 0 Å². The summed E-state index contributed by atoms with van der Waals surface area (Å²) in [5, 5.41) is 18.1. The zero-order chi connectivity index (χ0) is 11.6. The first kappa shape index (κ1) is 11.4. The number of aliphatic hydroxyl groups is 1. The average molecular weight is 240 g/mol. The van der Waals surface area contributed by atoms with Crippen LogP contribution in [0.3, 0.4) is 0 Å². The Bertz CT molecular complexity index is 358. The predicted octanol–water partition coefficient (Wildman–Crippen LogP) is 2.03. The third-order valence-corrected chi connectivity index (χ3v) is 3.61. The van der Waals surface area contributed by atoms with Gasteiger partial charge in [-0.05, 0) is 43.2 Å². The second kappa shape index (κ2) is 4.43. The SMILES string of the molecule is C[C@@](O)(CNC(=O)Nc1cccs1)C1CC1. The van der Waals surface area contributed by atoms with E-state index in [4.69, 9.17) is 0 Å². The molecule has 3 N–H and O–H groups in total. The Kier molecular flexibility index (Phi) is 3.16. The van der Waals surface area contributed by atoms with Crippen LogP contribution < -0.4 is 10.6 Å². The van der Waals surface area contributed by atoms with Gasteiger partial charge in [-0.2, -0.15) is 0 Å². The lowest BCUT2D eigenvalue weighted by atomic mass is 10.0. The van der Waals surface area contributed by atoms with E-state index in [1.165, 1.54) is 11.3 Å². The smallest absolute Gasteiger partial charge is 0.319 e. The highest BCUT2D eigenvalue weighted by molar-refractivity contribution is 7.14. The van der Waals surface area contributed by atoms with E-state index in [1.54, 1.807) is 6.92 Å². The molecule has 4 nitrogen and oxygen atoms in total. The van der Waals surface area contributed by atoms with Gasteiger partial charge in [-0.15, -0.1) is 11.3 Å². The maximum atomic E-state index is 11.5. The second-order valence-electron chi connectivity index (χ2n) is 4.42. The van der Waals surface area contributed by atoms with E-state index in [2.05, 4.69) is 10.6 Å². The molecule has 0 bridgehead atoms. The van der Waals surface area contributed by atoms with Crippen molar-refractivity contribution in [3.8, 4) is 0 Å². The summed E-state index contributed by atoms with van der Waals surface area (Å²) >= 11 is 1.47. The van der Waals surface area contributed by atoms with Gasteiger partial charge in [-0.25, -0.2) is 4.79 Å². The first-order chi connectivity index (χ1) is 7.58. The van der Waals surface area contributed by atoms with Crippen LogP contribution in [-0.4, -0.2) is 23.3 Å². The monoisotopic (exact) mass is 240 g/mol. The molecular weight excluding hydrogens is 224 g/mol. The molecular formula is C11H16N2O2S. The summed E-state index contributed by atoms with van der Waals surface area (Å²) in [5.74, 6) is 0.342. The number of carbonyl (C=O) groups excluding carboxylic acids is 1. The van der Waals surface area contributed by atoms with E-state index in [0.717, 1.165) is 17.8 Å². The Hall–Kier alpha value is -1.07. The van der Waals surface area contributed by atoms with Crippen LogP contribution in [0, 0.1) is 5.92 Å². The van der Waals surface area contributed by atoms with Gasteiger partial charge in [0, 0.05) is 6.54 Å². The van der Waals surface area contributed by atoms with Crippen molar-refractivity contribution >= 4 is 22.4 Å². The lowest BCUT2D eigenvalue weighted by molar-refractivity contribution is 0.0399. The minimum absolute atomic E-state index is 0.261. The molecule has 1 fully saturated rings. The number of thiophene rings is 1. The number of urea groups is 1. The maximum Gasteiger partial charge on any atom is 0.319 e. The van der Waals surface area contributed by atoms with Crippen LogP contribution in [0.1, 0.15) is 19.8 Å². The Morgan fingerprint density at radius 3 is 3.00 bits per heavy atom. The molecule has 1 aromatic heterocycles. The molecule has 0 aliphatic heterocycles. The van der Waals surface area contributed by atoms with Crippen LogP contribution in [0.5, 0.6) is 0 Å². The molecule has 0 aromatic carbocycles. The highest BCUT2D eigenvalue weighted by Gasteiger charge is 2.39. The van der Waals surface area contributed by atoms with Crippen LogP contribution in [0.2, 0.25) is 0 Å². The van der Waals surface area contributed by atoms with Gasteiger partial charge in [0.2, 0.25) is 0 Å². The summed E-state index contributed by atoms with van der Waals surface area (Å²) in [6.07, 6.45) is 2.11. The first-order valence-corrected chi connectivity index (χ1v) is 6.26. The van der Waals surface area contributed by atoms with Gasteiger partial charge in [-0.3, -0.25) is 5.32 Å². The third kappa shape index (κ3) is 2.96. The third-order valence-electron chi connectivity index (χ3n) is 2.82. The van der Waals surface area contributed by atoms with Crippen LogP contribution in [0.25, 0.3) is 0 Å².